The summed E-state index contributed by atoms with van der Waals surface area (Å²) in [4.78, 5) is 14.4. The molecule has 1 aromatic carbocycles. The van der Waals surface area contributed by atoms with E-state index in [0.29, 0.717) is 32.6 Å². The molecule has 1 aliphatic heterocycles. The number of ether oxygens (including phenoxy) is 1. The number of hydrogen-bond donors (Lipinski definition) is 1. The average molecular weight is 352 g/mol. The Hall–Kier alpha value is -1.44. The van der Waals surface area contributed by atoms with Crippen LogP contribution in [0.25, 0.3) is 0 Å². The second-order valence-electron chi connectivity index (χ2n) is 6.55. The van der Waals surface area contributed by atoms with Gasteiger partial charge in [-0.15, -0.1) is 0 Å². The van der Waals surface area contributed by atoms with Gasteiger partial charge in [0.2, 0.25) is 15.9 Å². The number of rotatable bonds is 6. The van der Waals surface area contributed by atoms with E-state index in [1.165, 1.54) is 0 Å². The number of carbonyl (C=O) groups excluding carboxylic acids is 1. The van der Waals surface area contributed by atoms with Crippen LogP contribution in [0.4, 0.5) is 0 Å². The van der Waals surface area contributed by atoms with Crippen LogP contribution in [0.15, 0.2) is 29.2 Å². The Morgan fingerprint density at radius 2 is 2.00 bits per heavy atom. The summed E-state index contributed by atoms with van der Waals surface area (Å²) in [6.07, 6.45) is 2.87. The zero-order chi connectivity index (χ0) is 17.2. The number of nitrogens with zero attached hydrogens (tertiary/aromatic N) is 1. The van der Waals surface area contributed by atoms with Crippen LogP contribution in [0.2, 0.25) is 0 Å². The summed E-state index contributed by atoms with van der Waals surface area (Å²) in [5.74, 6) is 0.123. The molecule has 7 heteroatoms. The van der Waals surface area contributed by atoms with E-state index in [0.717, 1.165) is 18.4 Å². The minimum absolute atomic E-state index is 0.0998. The molecule has 1 unspecified atom stereocenters. The van der Waals surface area contributed by atoms with Gasteiger partial charge in [-0.3, -0.25) is 4.79 Å². The van der Waals surface area contributed by atoms with E-state index in [1.54, 1.807) is 24.3 Å². The van der Waals surface area contributed by atoms with Crippen LogP contribution < -0.4 is 4.72 Å². The van der Waals surface area contributed by atoms with Crippen molar-refractivity contribution in [3.63, 3.8) is 0 Å². The SMILES string of the molecule is CC1COCCN1C(=O)CCc1ccc(S(=O)(=O)NC2CC2)cc1. The molecule has 0 radical (unpaired) electrons. The first-order valence-corrected chi connectivity index (χ1v) is 9.92. The third kappa shape index (κ3) is 4.34. The lowest BCUT2D eigenvalue weighted by Crippen LogP contribution is -2.47. The first-order chi connectivity index (χ1) is 11.5. The molecule has 132 valence electrons. The largest absolute Gasteiger partial charge is 0.377 e. The maximum atomic E-state index is 12.3. The van der Waals surface area contributed by atoms with Gasteiger partial charge in [0.05, 0.1) is 24.2 Å². The van der Waals surface area contributed by atoms with Crippen molar-refractivity contribution in [1.82, 2.24) is 9.62 Å². The van der Waals surface area contributed by atoms with Crippen molar-refractivity contribution in [2.75, 3.05) is 19.8 Å². The van der Waals surface area contributed by atoms with E-state index in [2.05, 4.69) is 4.72 Å². The molecule has 0 bridgehead atoms. The van der Waals surface area contributed by atoms with Crippen LogP contribution in [0.5, 0.6) is 0 Å². The predicted molar refractivity (Wildman–Crippen MR) is 90.1 cm³/mol. The fourth-order valence-corrected chi connectivity index (χ4v) is 4.12. The van der Waals surface area contributed by atoms with E-state index in [4.69, 9.17) is 4.74 Å². The number of amides is 1. The van der Waals surface area contributed by atoms with Crippen LogP contribution in [-0.4, -0.2) is 51.1 Å². The van der Waals surface area contributed by atoms with Crippen molar-refractivity contribution in [3.8, 4) is 0 Å². The number of carbonyl (C=O) groups is 1. The minimum atomic E-state index is -3.41. The van der Waals surface area contributed by atoms with E-state index in [-0.39, 0.29) is 22.9 Å². The maximum absolute atomic E-state index is 12.3. The van der Waals surface area contributed by atoms with Crippen LogP contribution in [-0.2, 0) is 26.0 Å². The van der Waals surface area contributed by atoms with Crippen molar-refractivity contribution in [2.24, 2.45) is 0 Å². The van der Waals surface area contributed by atoms with Crippen LogP contribution in [0, 0.1) is 0 Å². The van der Waals surface area contributed by atoms with Gasteiger partial charge in [0.1, 0.15) is 0 Å². The van der Waals surface area contributed by atoms with Gasteiger partial charge in [0, 0.05) is 19.0 Å². The van der Waals surface area contributed by atoms with Crippen LogP contribution >= 0.6 is 0 Å². The normalized spacial score (nSPS) is 21.7. The number of hydrogen-bond acceptors (Lipinski definition) is 4. The molecule has 6 nitrogen and oxygen atoms in total. The number of nitrogens with one attached hydrogen (secondary N) is 1. The molecule has 1 N–H and O–H groups in total. The molecule has 0 aromatic heterocycles. The Labute approximate surface area is 143 Å². The first-order valence-electron chi connectivity index (χ1n) is 8.44. The highest BCUT2D eigenvalue weighted by Gasteiger charge is 2.28. The van der Waals surface area contributed by atoms with Crippen molar-refractivity contribution < 1.29 is 17.9 Å². The quantitative estimate of drug-likeness (QED) is 0.837. The molecule has 2 aliphatic rings. The molecule has 1 heterocycles. The average Bonchev–Trinajstić information content (AvgIpc) is 3.37. The molecule has 2 fully saturated rings. The van der Waals surface area contributed by atoms with Gasteiger partial charge in [-0.05, 0) is 43.9 Å². The van der Waals surface area contributed by atoms with Crippen molar-refractivity contribution in [2.45, 2.75) is 49.6 Å². The molecule has 1 amide bonds. The van der Waals surface area contributed by atoms with Crippen LogP contribution in [0.1, 0.15) is 31.7 Å². The van der Waals surface area contributed by atoms with Crippen molar-refractivity contribution >= 4 is 15.9 Å². The van der Waals surface area contributed by atoms with Gasteiger partial charge in [0.15, 0.2) is 0 Å². The molecule has 1 aliphatic carbocycles. The zero-order valence-electron chi connectivity index (χ0n) is 13.9. The molecule has 1 atom stereocenters. The molecule has 1 saturated carbocycles. The Kier molecular flexibility index (Phi) is 5.22. The summed E-state index contributed by atoms with van der Waals surface area (Å²) < 4.78 is 32.2. The second-order valence-corrected chi connectivity index (χ2v) is 8.26. The lowest BCUT2D eigenvalue weighted by atomic mass is 10.1. The Morgan fingerprint density at radius 1 is 1.29 bits per heavy atom. The Morgan fingerprint density at radius 3 is 2.62 bits per heavy atom. The van der Waals surface area contributed by atoms with Crippen LogP contribution in [0.3, 0.4) is 0 Å². The lowest BCUT2D eigenvalue weighted by molar-refractivity contribution is -0.139. The number of morpholine rings is 1. The van der Waals surface area contributed by atoms with Gasteiger partial charge in [0.25, 0.3) is 0 Å². The summed E-state index contributed by atoms with van der Waals surface area (Å²) in [5, 5.41) is 0. The lowest BCUT2D eigenvalue weighted by Gasteiger charge is -2.33. The van der Waals surface area contributed by atoms with Gasteiger partial charge in [-0.1, -0.05) is 12.1 Å². The van der Waals surface area contributed by atoms with Gasteiger partial charge < -0.3 is 9.64 Å². The van der Waals surface area contributed by atoms with Gasteiger partial charge in [-0.2, -0.15) is 0 Å². The van der Waals surface area contributed by atoms with Crippen molar-refractivity contribution in [3.05, 3.63) is 29.8 Å². The highest BCUT2D eigenvalue weighted by Crippen LogP contribution is 2.22. The fraction of sp³-hybridized carbons (Fsp3) is 0.588. The zero-order valence-corrected chi connectivity index (χ0v) is 14.7. The third-order valence-electron chi connectivity index (χ3n) is 4.45. The van der Waals surface area contributed by atoms with E-state index in [1.807, 2.05) is 11.8 Å². The molecular formula is C17H24N2O4S. The molecular weight excluding hydrogens is 328 g/mol. The molecule has 24 heavy (non-hydrogen) atoms. The summed E-state index contributed by atoms with van der Waals surface area (Å²) in [6.45, 7) is 3.82. The highest BCUT2D eigenvalue weighted by molar-refractivity contribution is 7.89. The molecule has 1 saturated heterocycles. The molecule has 1 aromatic rings. The monoisotopic (exact) mass is 352 g/mol. The van der Waals surface area contributed by atoms with Gasteiger partial charge >= 0.3 is 0 Å². The number of benzene rings is 1. The summed E-state index contributed by atoms with van der Waals surface area (Å²) in [7, 11) is -3.41. The van der Waals surface area contributed by atoms with E-state index >= 15 is 0 Å². The number of sulfonamides is 1. The second kappa shape index (κ2) is 7.21. The third-order valence-corrected chi connectivity index (χ3v) is 5.98. The maximum Gasteiger partial charge on any atom is 0.240 e. The fourth-order valence-electron chi connectivity index (χ4n) is 2.82. The predicted octanol–water partition coefficient (Wildman–Crippen LogP) is 1.31. The van der Waals surface area contributed by atoms with E-state index < -0.39 is 10.0 Å². The molecule has 3 rings (SSSR count). The Balaban J connectivity index is 1.55. The van der Waals surface area contributed by atoms with Gasteiger partial charge in [-0.25, -0.2) is 13.1 Å². The standard InChI is InChI=1S/C17H24N2O4S/c1-13-12-23-11-10-19(13)17(20)9-4-14-2-7-16(8-3-14)24(21,22)18-15-5-6-15/h2-3,7-8,13,15,18H,4-6,9-12H2,1H3. The molecule has 0 spiro atoms. The first kappa shape index (κ1) is 17.4. The van der Waals surface area contributed by atoms with Crippen molar-refractivity contribution in [1.29, 1.82) is 0 Å². The Bertz CT molecular complexity index is 683. The minimum Gasteiger partial charge on any atom is -0.377 e. The van der Waals surface area contributed by atoms with E-state index in [9.17, 15) is 13.2 Å². The summed E-state index contributed by atoms with van der Waals surface area (Å²) in [5.41, 5.74) is 0.967. The topological polar surface area (TPSA) is 75.7 Å². The smallest absolute Gasteiger partial charge is 0.240 e. The summed E-state index contributed by atoms with van der Waals surface area (Å²) >= 11 is 0. The summed E-state index contributed by atoms with van der Waals surface area (Å²) in [6, 6.07) is 7.02. The number of aryl methyl sites for hydroxylation is 1. The highest BCUT2D eigenvalue weighted by atomic mass is 32.2.